The number of aliphatic hydroxyl groups excluding tert-OH is 1. The number of methoxy groups -OCH3 is 1. The third-order valence-corrected chi connectivity index (χ3v) is 3.54. The van der Waals surface area contributed by atoms with E-state index in [1.165, 1.54) is 13.2 Å². The summed E-state index contributed by atoms with van der Waals surface area (Å²) in [6, 6.07) is 1.38. The molecule has 0 aliphatic carbocycles. The molecule has 0 amide bonds. The van der Waals surface area contributed by atoms with Gasteiger partial charge in [0.1, 0.15) is 17.1 Å². The average Bonchev–Trinajstić information content (AvgIpc) is 2.57. The molecule has 18 heavy (non-hydrogen) atoms. The Labute approximate surface area is 105 Å². The van der Waals surface area contributed by atoms with Crippen LogP contribution in [-0.2, 0) is 10.3 Å². The maximum atomic E-state index is 11.8. The van der Waals surface area contributed by atoms with E-state index in [-0.39, 0.29) is 11.3 Å². The van der Waals surface area contributed by atoms with E-state index in [0.717, 1.165) is 0 Å². The summed E-state index contributed by atoms with van der Waals surface area (Å²) >= 11 is 0. The van der Waals surface area contributed by atoms with Crippen molar-refractivity contribution < 1.29 is 24.5 Å². The molecule has 2 rings (SSSR count). The van der Waals surface area contributed by atoms with Crippen molar-refractivity contribution in [1.29, 1.82) is 0 Å². The van der Waals surface area contributed by atoms with E-state index >= 15 is 0 Å². The van der Waals surface area contributed by atoms with Crippen LogP contribution in [0.1, 0.15) is 35.3 Å². The number of aromatic hydroxyl groups is 1. The molecule has 1 aromatic rings. The largest absolute Gasteiger partial charge is 0.507 e. The van der Waals surface area contributed by atoms with Crippen molar-refractivity contribution in [3.05, 3.63) is 22.8 Å². The van der Waals surface area contributed by atoms with Crippen molar-refractivity contribution in [1.82, 2.24) is 0 Å². The van der Waals surface area contributed by atoms with Gasteiger partial charge >= 0.3 is 5.97 Å². The molecule has 0 bridgehead atoms. The lowest BCUT2D eigenvalue weighted by molar-refractivity contribution is -0.0659. The summed E-state index contributed by atoms with van der Waals surface area (Å²) in [5, 5.41) is 19.7. The van der Waals surface area contributed by atoms with Crippen molar-refractivity contribution in [3.63, 3.8) is 0 Å². The topological polar surface area (TPSA) is 76.0 Å². The van der Waals surface area contributed by atoms with E-state index in [2.05, 4.69) is 0 Å². The Hall–Kier alpha value is -1.75. The van der Waals surface area contributed by atoms with Crippen LogP contribution in [0.4, 0.5) is 0 Å². The SMILES string of the molecule is COc1cc(O)c2c(c1C)C(C)(C(C)O)OC2=O. The van der Waals surface area contributed by atoms with E-state index in [4.69, 9.17) is 9.47 Å². The van der Waals surface area contributed by atoms with Crippen LogP contribution in [-0.4, -0.2) is 29.4 Å². The Bertz CT molecular complexity index is 521. The minimum Gasteiger partial charge on any atom is -0.507 e. The minimum absolute atomic E-state index is 0.108. The van der Waals surface area contributed by atoms with Gasteiger partial charge in [0, 0.05) is 11.6 Å². The summed E-state index contributed by atoms with van der Waals surface area (Å²) < 4.78 is 10.4. The van der Waals surface area contributed by atoms with Gasteiger partial charge < -0.3 is 19.7 Å². The highest BCUT2D eigenvalue weighted by molar-refractivity contribution is 5.98. The molecule has 5 heteroatoms. The van der Waals surface area contributed by atoms with Crippen LogP contribution in [0.3, 0.4) is 0 Å². The third kappa shape index (κ3) is 1.47. The molecule has 5 nitrogen and oxygen atoms in total. The minimum atomic E-state index is -1.16. The van der Waals surface area contributed by atoms with Crippen LogP contribution < -0.4 is 4.74 Å². The van der Waals surface area contributed by atoms with Gasteiger partial charge in [0.05, 0.1) is 13.2 Å². The lowest BCUT2D eigenvalue weighted by atomic mass is 9.85. The molecule has 1 heterocycles. The average molecular weight is 252 g/mol. The third-order valence-electron chi connectivity index (χ3n) is 3.54. The number of ether oxygens (including phenoxy) is 2. The number of esters is 1. The molecule has 0 aromatic heterocycles. The van der Waals surface area contributed by atoms with Gasteiger partial charge in [0.15, 0.2) is 5.60 Å². The zero-order valence-corrected chi connectivity index (χ0v) is 10.8. The number of hydrogen-bond acceptors (Lipinski definition) is 5. The van der Waals surface area contributed by atoms with Crippen LogP contribution in [0.2, 0.25) is 0 Å². The van der Waals surface area contributed by atoms with Crippen molar-refractivity contribution in [2.45, 2.75) is 32.5 Å². The Balaban J connectivity index is 2.80. The van der Waals surface area contributed by atoms with E-state index in [9.17, 15) is 15.0 Å². The molecule has 0 spiro atoms. The molecule has 2 unspecified atom stereocenters. The van der Waals surface area contributed by atoms with Gasteiger partial charge in [0.25, 0.3) is 0 Å². The molecular formula is C13H16O5. The summed E-state index contributed by atoms with van der Waals surface area (Å²) in [5.74, 6) is -0.366. The van der Waals surface area contributed by atoms with Gasteiger partial charge in [-0.25, -0.2) is 4.79 Å². The Morgan fingerprint density at radius 3 is 2.61 bits per heavy atom. The Kier molecular flexibility index (Phi) is 2.74. The second-order valence-corrected chi connectivity index (χ2v) is 4.65. The number of benzene rings is 1. The zero-order chi connectivity index (χ0) is 13.7. The van der Waals surface area contributed by atoms with Gasteiger partial charge in [-0.3, -0.25) is 0 Å². The number of carbonyl (C=O) groups is 1. The molecule has 1 aliphatic rings. The Morgan fingerprint density at radius 2 is 2.11 bits per heavy atom. The lowest BCUT2D eigenvalue weighted by Gasteiger charge is -2.28. The van der Waals surface area contributed by atoms with Crippen LogP contribution >= 0.6 is 0 Å². The lowest BCUT2D eigenvalue weighted by Crippen LogP contribution is -2.35. The first-order chi connectivity index (χ1) is 8.32. The number of rotatable bonds is 2. The first kappa shape index (κ1) is 12.7. The van der Waals surface area contributed by atoms with Crippen LogP contribution in [0.25, 0.3) is 0 Å². The van der Waals surface area contributed by atoms with Crippen molar-refractivity contribution in [2.75, 3.05) is 7.11 Å². The Morgan fingerprint density at radius 1 is 1.50 bits per heavy atom. The van der Waals surface area contributed by atoms with E-state index in [1.54, 1.807) is 20.8 Å². The molecule has 1 aromatic carbocycles. The van der Waals surface area contributed by atoms with E-state index in [0.29, 0.717) is 16.9 Å². The fourth-order valence-corrected chi connectivity index (χ4v) is 2.37. The molecule has 1 aliphatic heterocycles. The highest BCUT2D eigenvalue weighted by atomic mass is 16.6. The maximum absolute atomic E-state index is 11.8. The monoisotopic (exact) mass is 252 g/mol. The summed E-state index contributed by atoms with van der Waals surface area (Å²) in [5.41, 5.74) is 0.110. The smallest absolute Gasteiger partial charge is 0.343 e. The maximum Gasteiger partial charge on any atom is 0.343 e. The number of phenols is 1. The normalized spacial score (nSPS) is 23.5. The molecule has 2 N–H and O–H groups in total. The van der Waals surface area contributed by atoms with Crippen molar-refractivity contribution in [2.24, 2.45) is 0 Å². The number of aliphatic hydroxyl groups is 1. The number of cyclic esters (lactones) is 1. The van der Waals surface area contributed by atoms with Gasteiger partial charge in [-0.05, 0) is 26.3 Å². The van der Waals surface area contributed by atoms with Gasteiger partial charge in [0.2, 0.25) is 0 Å². The highest BCUT2D eigenvalue weighted by Gasteiger charge is 2.48. The predicted octanol–water partition coefficient (Wildman–Crippen LogP) is 1.48. The molecule has 0 radical (unpaired) electrons. The van der Waals surface area contributed by atoms with Crippen molar-refractivity contribution in [3.8, 4) is 11.5 Å². The number of hydrogen-bond donors (Lipinski definition) is 2. The summed E-state index contributed by atoms with van der Waals surface area (Å²) in [7, 11) is 1.48. The molecule has 0 saturated heterocycles. The zero-order valence-electron chi connectivity index (χ0n) is 10.8. The van der Waals surface area contributed by atoms with E-state index < -0.39 is 17.7 Å². The first-order valence-corrected chi connectivity index (χ1v) is 5.65. The summed E-state index contributed by atoms with van der Waals surface area (Å²) in [4.78, 5) is 11.8. The first-order valence-electron chi connectivity index (χ1n) is 5.65. The number of phenolic OH excluding ortho intramolecular Hbond substituents is 1. The highest BCUT2D eigenvalue weighted by Crippen LogP contribution is 2.47. The molecule has 0 saturated carbocycles. The second-order valence-electron chi connectivity index (χ2n) is 4.65. The van der Waals surface area contributed by atoms with Crippen LogP contribution in [0, 0.1) is 6.92 Å². The van der Waals surface area contributed by atoms with Crippen molar-refractivity contribution >= 4 is 5.97 Å². The fourth-order valence-electron chi connectivity index (χ4n) is 2.37. The molecule has 98 valence electrons. The predicted molar refractivity (Wildman–Crippen MR) is 63.8 cm³/mol. The van der Waals surface area contributed by atoms with Gasteiger partial charge in [-0.15, -0.1) is 0 Å². The quantitative estimate of drug-likeness (QED) is 0.780. The molecule has 0 fully saturated rings. The number of carbonyl (C=O) groups excluding carboxylic acids is 1. The van der Waals surface area contributed by atoms with Crippen LogP contribution in [0.15, 0.2) is 6.07 Å². The van der Waals surface area contributed by atoms with Gasteiger partial charge in [-0.1, -0.05) is 0 Å². The molecular weight excluding hydrogens is 236 g/mol. The molecule has 2 atom stereocenters. The standard InChI is InChI=1S/C13H16O5/c1-6-9(17-4)5-8(15)10-11(6)13(3,7(2)14)18-12(10)16/h5,7,14-15H,1-4H3. The van der Waals surface area contributed by atoms with Crippen LogP contribution in [0.5, 0.6) is 11.5 Å². The summed E-state index contributed by atoms with van der Waals surface area (Å²) in [6.45, 7) is 4.92. The second kappa shape index (κ2) is 3.88. The van der Waals surface area contributed by atoms with Gasteiger partial charge in [-0.2, -0.15) is 0 Å². The van der Waals surface area contributed by atoms with E-state index in [1.807, 2.05) is 0 Å². The summed E-state index contributed by atoms with van der Waals surface area (Å²) in [6.07, 6.45) is -0.895. The fraction of sp³-hybridized carbons (Fsp3) is 0.462. The number of fused-ring (bicyclic) bond motifs is 1.